The minimum Gasteiger partial charge on any atom is -0.356 e. The highest BCUT2D eigenvalue weighted by molar-refractivity contribution is 5.83. The number of hydrazine groups is 1. The summed E-state index contributed by atoms with van der Waals surface area (Å²) in [5, 5.41) is 5.27. The maximum absolute atomic E-state index is 13.5. The third kappa shape index (κ3) is 4.30. The van der Waals surface area contributed by atoms with E-state index >= 15 is 0 Å². The summed E-state index contributed by atoms with van der Waals surface area (Å²) in [6.45, 7) is 5.98. The molecule has 0 fully saturated rings. The van der Waals surface area contributed by atoms with Gasteiger partial charge < -0.3 is 16.1 Å². The van der Waals surface area contributed by atoms with Gasteiger partial charge in [0.2, 0.25) is 5.91 Å². The van der Waals surface area contributed by atoms with E-state index in [1.165, 1.54) is 0 Å². The van der Waals surface area contributed by atoms with Crippen molar-refractivity contribution < 1.29 is 13.6 Å². The number of anilines is 2. The molecule has 20 heavy (non-hydrogen) atoms. The van der Waals surface area contributed by atoms with Crippen molar-refractivity contribution in [2.45, 2.75) is 26.8 Å². The molecule has 1 aromatic rings. The van der Waals surface area contributed by atoms with E-state index < -0.39 is 17.7 Å². The molecule has 1 heterocycles. The highest BCUT2D eigenvalue weighted by Gasteiger charge is 2.17. The number of hydrogen-bond donors (Lipinski definition) is 4. The van der Waals surface area contributed by atoms with Gasteiger partial charge in [0.05, 0.1) is 0 Å². The van der Waals surface area contributed by atoms with Crippen molar-refractivity contribution in [1.82, 2.24) is 10.3 Å². The number of aromatic nitrogens is 1. The van der Waals surface area contributed by atoms with E-state index in [0.717, 1.165) is 0 Å². The molecule has 0 spiro atoms. The Balaban J connectivity index is 2.75. The highest BCUT2D eigenvalue weighted by atomic mass is 19.1. The van der Waals surface area contributed by atoms with Crippen LogP contribution in [0, 0.1) is 17.6 Å². The number of rotatable bonds is 6. The monoisotopic (exact) mass is 287 g/mol. The Kier molecular flexibility index (Phi) is 5.63. The third-order valence-corrected chi connectivity index (χ3v) is 2.50. The van der Waals surface area contributed by atoms with Crippen LogP contribution in [-0.4, -0.2) is 23.5 Å². The molecule has 0 aliphatic carbocycles. The molecule has 1 aromatic heterocycles. The smallest absolute Gasteiger partial charge is 0.242 e. The van der Waals surface area contributed by atoms with Gasteiger partial charge in [-0.1, -0.05) is 13.8 Å². The van der Waals surface area contributed by atoms with Crippen molar-refractivity contribution in [3.8, 4) is 0 Å². The summed E-state index contributed by atoms with van der Waals surface area (Å²) in [4.78, 5) is 15.4. The van der Waals surface area contributed by atoms with Gasteiger partial charge in [-0.15, -0.1) is 0 Å². The largest absolute Gasteiger partial charge is 0.356 e. The fourth-order valence-electron chi connectivity index (χ4n) is 1.40. The molecule has 6 nitrogen and oxygen atoms in total. The second-order valence-corrected chi connectivity index (χ2v) is 4.80. The third-order valence-electron chi connectivity index (χ3n) is 2.50. The first-order valence-corrected chi connectivity index (χ1v) is 6.22. The number of halogens is 2. The van der Waals surface area contributed by atoms with E-state index in [-0.39, 0.29) is 17.5 Å². The topological polar surface area (TPSA) is 92.1 Å². The van der Waals surface area contributed by atoms with E-state index in [0.29, 0.717) is 18.5 Å². The van der Waals surface area contributed by atoms with Crippen LogP contribution in [0.3, 0.4) is 0 Å². The van der Waals surface area contributed by atoms with Gasteiger partial charge in [0.25, 0.3) is 0 Å². The minimum atomic E-state index is -0.910. The number of nitrogen functional groups attached to an aromatic ring is 1. The number of nitrogens with one attached hydrogen (secondary N) is 3. The molecule has 112 valence electrons. The Morgan fingerprint density at radius 1 is 1.30 bits per heavy atom. The molecule has 1 rings (SSSR count). The lowest BCUT2D eigenvalue weighted by atomic mass is 10.2. The Bertz CT molecular complexity index is 481. The normalized spacial score (nSPS) is 12.2. The SMILES string of the molecule is CC(C)CNC(=O)C(C)Nc1nc(NN)c(F)cc1F. The van der Waals surface area contributed by atoms with Gasteiger partial charge in [-0.25, -0.2) is 19.6 Å². The maximum atomic E-state index is 13.5. The maximum Gasteiger partial charge on any atom is 0.242 e. The van der Waals surface area contributed by atoms with Crippen LogP contribution < -0.4 is 21.9 Å². The van der Waals surface area contributed by atoms with Crippen LogP contribution in [-0.2, 0) is 4.79 Å². The molecule has 0 saturated carbocycles. The van der Waals surface area contributed by atoms with Crippen LogP contribution in [0.5, 0.6) is 0 Å². The summed E-state index contributed by atoms with van der Waals surface area (Å²) >= 11 is 0. The number of carbonyl (C=O) groups excluding carboxylic acids is 1. The van der Waals surface area contributed by atoms with Gasteiger partial charge in [-0.3, -0.25) is 4.79 Å². The predicted molar refractivity (Wildman–Crippen MR) is 72.9 cm³/mol. The summed E-state index contributed by atoms with van der Waals surface area (Å²) in [5.74, 6) is 2.71. The Morgan fingerprint density at radius 2 is 1.90 bits per heavy atom. The molecule has 5 N–H and O–H groups in total. The zero-order valence-electron chi connectivity index (χ0n) is 11.6. The Labute approximate surface area is 116 Å². The summed E-state index contributed by atoms with van der Waals surface area (Å²) in [6, 6.07) is -0.0738. The number of pyridine rings is 1. The van der Waals surface area contributed by atoms with Gasteiger partial charge in [0, 0.05) is 12.6 Å². The number of carbonyl (C=O) groups is 1. The number of nitrogens with two attached hydrogens (primary N) is 1. The fraction of sp³-hybridized carbons (Fsp3) is 0.500. The molecule has 1 atom stereocenters. The first kappa shape index (κ1) is 16.1. The van der Waals surface area contributed by atoms with Crippen LogP contribution in [0.2, 0.25) is 0 Å². The van der Waals surface area contributed by atoms with Crippen LogP contribution in [0.15, 0.2) is 6.07 Å². The molecule has 0 radical (unpaired) electrons. The second kappa shape index (κ2) is 6.99. The zero-order chi connectivity index (χ0) is 15.3. The minimum absolute atomic E-state index is 0.244. The molecule has 1 unspecified atom stereocenters. The van der Waals surface area contributed by atoms with Crippen LogP contribution >= 0.6 is 0 Å². The fourth-order valence-corrected chi connectivity index (χ4v) is 1.40. The molecule has 0 saturated heterocycles. The van der Waals surface area contributed by atoms with Gasteiger partial charge in [-0.2, -0.15) is 0 Å². The summed E-state index contributed by atoms with van der Waals surface area (Å²) < 4.78 is 26.7. The van der Waals surface area contributed by atoms with Gasteiger partial charge in [0.1, 0.15) is 6.04 Å². The number of nitrogens with zero attached hydrogens (tertiary/aromatic N) is 1. The lowest BCUT2D eigenvalue weighted by Gasteiger charge is -2.16. The first-order valence-electron chi connectivity index (χ1n) is 6.22. The molecule has 0 aromatic carbocycles. The molecule has 8 heteroatoms. The molecular weight excluding hydrogens is 268 g/mol. The van der Waals surface area contributed by atoms with Gasteiger partial charge >= 0.3 is 0 Å². The quantitative estimate of drug-likeness (QED) is 0.466. The summed E-state index contributed by atoms with van der Waals surface area (Å²) in [6.07, 6.45) is 0. The predicted octanol–water partition coefficient (Wildman–Crippen LogP) is 1.22. The van der Waals surface area contributed by atoms with Crippen LogP contribution in [0.25, 0.3) is 0 Å². The van der Waals surface area contributed by atoms with Crippen molar-refractivity contribution in [3.05, 3.63) is 17.7 Å². The molecule has 0 bridgehead atoms. The van der Waals surface area contributed by atoms with E-state index in [1.54, 1.807) is 6.92 Å². The van der Waals surface area contributed by atoms with Crippen molar-refractivity contribution in [1.29, 1.82) is 0 Å². The van der Waals surface area contributed by atoms with Crippen LogP contribution in [0.1, 0.15) is 20.8 Å². The lowest BCUT2D eigenvalue weighted by molar-refractivity contribution is -0.121. The van der Waals surface area contributed by atoms with E-state index in [2.05, 4.69) is 15.6 Å². The average Bonchev–Trinajstić information content (AvgIpc) is 2.38. The van der Waals surface area contributed by atoms with Crippen molar-refractivity contribution in [2.75, 3.05) is 17.3 Å². The molecular formula is C12H19F2N5O. The number of amides is 1. The van der Waals surface area contributed by atoms with Gasteiger partial charge in [0.15, 0.2) is 23.3 Å². The molecule has 0 aliphatic heterocycles. The average molecular weight is 287 g/mol. The van der Waals surface area contributed by atoms with Crippen molar-refractivity contribution in [3.63, 3.8) is 0 Å². The Hall–Kier alpha value is -1.96. The van der Waals surface area contributed by atoms with Crippen molar-refractivity contribution >= 4 is 17.5 Å². The van der Waals surface area contributed by atoms with Crippen molar-refractivity contribution in [2.24, 2.45) is 11.8 Å². The summed E-state index contributed by atoms with van der Waals surface area (Å²) in [5.41, 5.74) is 2.01. The standard InChI is InChI=1S/C12H19F2N5O/c1-6(2)5-16-12(20)7(3)17-10-8(13)4-9(14)11(18-10)19-15/h4,6-7H,5,15H2,1-3H3,(H,16,20)(H2,17,18,19). The molecule has 0 aliphatic rings. The lowest BCUT2D eigenvalue weighted by Crippen LogP contribution is -2.39. The van der Waals surface area contributed by atoms with Crippen LogP contribution in [0.4, 0.5) is 20.4 Å². The van der Waals surface area contributed by atoms with E-state index in [9.17, 15) is 13.6 Å². The summed E-state index contributed by atoms with van der Waals surface area (Å²) in [7, 11) is 0. The zero-order valence-corrected chi connectivity index (χ0v) is 11.6. The Morgan fingerprint density at radius 3 is 2.45 bits per heavy atom. The highest BCUT2D eigenvalue weighted by Crippen LogP contribution is 2.18. The van der Waals surface area contributed by atoms with Gasteiger partial charge in [-0.05, 0) is 12.8 Å². The molecule has 1 amide bonds. The van der Waals surface area contributed by atoms with E-state index in [4.69, 9.17) is 5.84 Å². The second-order valence-electron chi connectivity index (χ2n) is 4.80. The van der Waals surface area contributed by atoms with E-state index in [1.807, 2.05) is 19.3 Å². The first-order chi connectivity index (χ1) is 9.35. The number of hydrogen-bond acceptors (Lipinski definition) is 5.